The van der Waals surface area contributed by atoms with Gasteiger partial charge in [0, 0.05) is 31.9 Å². The van der Waals surface area contributed by atoms with Gasteiger partial charge in [-0.3, -0.25) is 9.69 Å². The lowest BCUT2D eigenvalue weighted by molar-refractivity contribution is -0.117. The maximum Gasteiger partial charge on any atom is 0.238 e. The minimum atomic E-state index is -0.465. The molecule has 0 spiro atoms. The van der Waals surface area contributed by atoms with Gasteiger partial charge >= 0.3 is 0 Å². The van der Waals surface area contributed by atoms with E-state index >= 15 is 0 Å². The summed E-state index contributed by atoms with van der Waals surface area (Å²) in [5.74, 6) is 0.171. The second-order valence-corrected chi connectivity index (χ2v) is 6.00. The molecule has 1 aromatic heterocycles. The van der Waals surface area contributed by atoms with Crippen LogP contribution in [-0.4, -0.2) is 48.5 Å². The molecule has 6 heteroatoms. The summed E-state index contributed by atoms with van der Waals surface area (Å²) < 4.78 is 13.2. The van der Waals surface area contributed by atoms with Gasteiger partial charge in [-0.15, -0.1) is 0 Å². The first-order valence-corrected chi connectivity index (χ1v) is 8.06. The number of piperazine rings is 1. The zero-order valence-electron chi connectivity index (χ0n) is 13.7. The molecule has 0 unspecified atom stereocenters. The van der Waals surface area contributed by atoms with Crippen LogP contribution in [0.15, 0.2) is 42.5 Å². The van der Waals surface area contributed by atoms with E-state index in [2.05, 4.69) is 15.2 Å². The van der Waals surface area contributed by atoms with Gasteiger partial charge in [-0.2, -0.15) is 4.39 Å². The minimum absolute atomic E-state index is 0.0158. The molecule has 0 bridgehead atoms. The summed E-state index contributed by atoms with van der Waals surface area (Å²) in [6, 6.07) is 12.6. The van der Waals surface area contributed by atoms with Crippen molar-refractivity contribution in [3.63, 3.8) is 0 Å². The fraction of sp³-hybridized carbons (Fsp3) is 0.333. The SMILES string of the molecule is Cc1cccc(NC(=O)CN2CCN(c3cccc(F)n3)CC2)c1. The number of benzene rings is 1. The van der Waals surface area contributed by atoms with E-state index in [1.165, 1.54) is 6.07 Å². The van der Waals surface area contributed by atoms with Crippen molar-refractivity contribution in [1.82, 2.24) is 9.88 Å². The average molecular weight is 328 g/mol. The zero-order valence-corrected chi connectivity index (χ0v) is 13.7. The summed E-state index contributed by atoms with van der Waals surface area (Å²) in [5.41, 5.74) is 1.94. The van der Waals surface area contributed by atoms with Crippen LogP contribution in [0.3, 0.4) is 0 Å². The van der Waals surface area contributed by atoms with E-state index in [9.17, 15) is 9.18 Å². The highest BCUT2D eigenvalue weighted by Gasteiger charge is 2.20. The number of amides is 1. The molecule has 0 aliphatic carbocycles. The van der Waals surface area contributed by atoms with Crippen molar-refractivity contribution in [2.45, 2.75) is 6.92 Å². The Hall–Kier alpha value is -2.47. The van der Waals surface area contributed by atoms with E-state index in [0.29, 0.717) is 12.4 Å². The number of aromatic nitrogens is 1. The van der Waals surface area contributed by atoms with Gasteiger partial charge in [-0.1, -0.05) is 18.2 Å². The van der Waals surface area contributed by atoms with Gasteiger partial charge in [0.15, 0.2) is 0 Å². The lowest BCUT2D eigenvalue weighted by Crippen LogP contribution is -2.49. The topological polar surface area (TPSA) is 48.5 Å². The molecule has 1 N–H and O–H groups in total. The molecular weight excluding hydrogens is 307 g/mol. The summed E-state index contributed by atoms with van der Waals surface area (Å²) in [4.78, 5) is 20.2. The van der Waals surface area contributed by atoms with Gasteiger partial charge in [0.1, 0.15) is 5.82 Å². The lowest BCUT2D eigenvalue weighted by Gasteiger charge is -2.34. The van der Waals surface area contributed by atoms with Crippen molar-refractivity contribution in [2.24, 2.45) is 0 Å². The maximum atomic E-state index is 13.2. The summed E-state index contributed by atoms with van der Waals surface area (Å²) in [5, 5.41) is 2.92. The molecule has 2 heterocycles. The molecule has 126 valence electrons. The molecule has 5 nitrogen and oxygen atoms in total. The predicted molar refractivity (Wildman–Crippen MR) is 92.7 cm³/mol. The van der Waals surface area contributed by atoms with Gasteiger partial charge in [-0.25, -0.2) is 4.98 Å². The number of aryl methyl sites for hydroxylation is 1. The van der Waals surface area contributed by atoms with Crippen LogP contribution in [0.25, 0.3) is 0 Å². The Bertz CT molecular complexity index is 714. The van der Waals surface area contributed by atoms with Gasteiger partial charge in [0.25, 0.3) is 0 Å². The fourth-order valence-electron chi connectivity index (χ4n) is 2.84. The third kappa shape index (κ3) is 4.29. The number of anilines is 2. The number of carbonyl (C=O) groups is 1. The summed E-state index contributed by atoms with van der Waals surface area (Å²) in [7, 11) is 0. The van der Waals surface area contributed by atoms with Crippen molar-refractivity contribution in [1.29, 1.82) is 0 Å². The molecule has 1 saturated heterocycles. The fourth-order valence-corrected chi connectivity index (χ4v) is 2.84. The van der Waals surface area contributed by atoms with Crippen LogP contribution in [-0.2, 0) is 4.79 Å². The maximum absolute atomic E-state index is 13.2. The van der Waals surface area contributed by atoms with Crippen molar-refractivity contribution < 1.29 is 9.18 Å². The summed E-state index contributed by atoms with van der Waals surface area (Å²) in [6.07, 6.45) is 0. The van der Waals surface area contributed by atoms with Crippen molar-refractivity contribution >= 4 is 17.4 Å². The van der Waals surface area contributed by atoms with E-state index in [0.717, 1.165) is 37.4 Å². The van der Waals surface area contributed by atoms with Crippen LogP contribution in [0.5, 0.6) is 0 Å². The van der Waals surface area contributed by atoms with E-state index in [-0.39, 0.29) is 5.91 Å². The van der Waals surface area contributed by atoms with Crippen LogP contribution in [0.4, 0.5) is 15.9 Å². The van der Waals surface area contributed by atoms with Gasteiger partial charge < -0.3 is 10.2 Å². The molecule has 1 aliphatic rings. The Morgan fingerprint density at radius 3 is 2.62 bits per heavy atom. The van der Waals surface area contributed by atoms with Gasteiger partial charge in [0.2, 0.25) is 11.9 Å². The quantitative estimate of drug-likeness (QED) is 0.875. The smallest absolute Gasteiger partial charge is 0.238 e. The number of hydrogen-bond acceptors (Lipinski definition) is 4. The highest BCUT2D eigenvalue weighted by Crippen LogP contribution is 2.14. The molecule has 0 saturated carbocycles. The number of nitrogens with zero attached hydrogens (tertiary/aromatic N) is 3. The number of halogens is 1. The first-order valence-electron chi connectivity index (χ1n) is 8.06. The molecule has 1 amide bonds. The lowest BCUT2D eigenvalue weighted by atomic mass is 10.2. The molecule has 0 atom stereocenters. The van der Waals surface area contributed by atoms with Crippen molar-refractivity contribution in [3.8, 4) is 0 Å². The highest BCUT2D eigenvalue weighted by molar-refractivity contribution is 5.92. The predicted octanol–water partition coefficient (Wildman–Crippen LogP) is 2.29. The molecule has 24 heavy (non-hydrogen) atoms. The average Bonchev–Trinajstić information content (AvgIpc) is 2.55. The first kappa shape index (κ1) is 16.4. The Morgan fingerprint density at radius 2 is 1.92 bits per heavy atom. The van der Waals surface area contributed by atoms with Crippen molar-refractivity contribution in [2.75, 3.05) is 42.9 Å². The molecule has 2 aromatic rings. The highest BCUT2D eigenvalue weighted by atomic mass is 19.1. The number of pyridine rings is 1. The van der Waals surface area contributed by atoms with Crippen LogP contribution in [0, 0.1) is 12.9 Å². The molecule has 1 fully saturated rings. The van der Waals surface area contributed by atoms with E-state index < -0.39 is 5.95 Å². The molecule has 1 aromatic carbocycles. The Labute approximate surface area is 141 Å². The van der Waals surface area contributed by atoms with Crippen LogP contribution >= 0.6 is 0 Å². The summed E-state index contributed by atoms with van der Waals surface area (Å²) in [6.45, 7) is 5.31. The number of nitrogens with one attached hydrogen (secondary N) is 1. The van der Waals surface area contributed by atoms with E-state index in [4.69, 9.17) is 0 Å². The van der Waals surface area contributed by atoms with Crippen LogP contribution < -0.4 is 10.2 Å². The second-order valence-electron chi connectivity index (χ2n) is 6.00. The molecular formula is C18H21FN4O. The van der Waals surface area contributed by atoms with E-state index in [1.807, 2.05) is 42.2 Å². The second kappa shape index (κ2) is 7.40. The van der Waals surface area contributed by atoms with Crippen molar-refractivity contribution in [3.05, 3.63) is 54.0 Å². The van der Waals surface area contributed by atoms with E-state index in [1.54, 1.807) is 6.07 Å². The molecule has 3 rings (SSSR count). The number of rotatable bonds is 4. The minimum Gasteiger partial charge on any atom is -0.354 e. The third-order valence-electron chi connectivity index (χ3n) is 4.07. The first-order chi connectivity index (χ1) is 11.6. The Morgan fingerprint density at radius 1 is 1.17 bits per heavy atom. The van der Waals surface area contributed by atoms with Crippen LogP contribution in [0.2, 0.25) is 0 Å². The zero-order chi connectivity index (χ0) is 16.9. The third-order valence-corrected chi connectivity index (χ3v) is 4.07. The molecule has 0 radical (unpaired) electrons. The summed E-state index contributed by atoms with van der Waals surface area (Å²) >= 11 is 0. The number of carbonyl (C=O) groups excluding carboxylic acids is 1. The molecule has 1 aliphatic heterocycles. The standard InChI is InChI=1S/C18H21FN4O/c1-14-4-2-5-15(12-14)20-18(24)13-22-8-10-23(11-9-22)17-7-3-6-16(19)21-17/h2-7,12H,8-11,13H2,1H3,(H,20,24). The largest absolute Gasteiger partial charge is 0.354 e. The van der Waals surface area contributed by atoms with Crippen LogP contribution in [0.1, 0.15) is 5.56 Å². The normalized spacial score (nSPS) is 15.3. The Balaban J connectivity index is 1.49. The monoisotopic (exact) mass is 328 g/mol. The van der Waals surface area contributed by atoms with Gasteiger partial charge in [-0.05, 0) is 36.8 Å². The van der Waals surface area contributed by atoms with Gasteiger partial charge in [0.05, 0.1) is 6.54 Å². The Kier molecular flexibility index (Phi) is 5.05. The number of hydrogen-bond donors (Lipinski definition) is 1.